The molecular weight excluding hydrogens is 415 g/mol. The van der Waals surface area contributed by atoms with Crippen LogP contribution in [0.3, 0.4) is 0 Å². The van der Waals surface area contributed by atoms with Gasteiger partial charge in [-0.2, -0.15) is 0 Å². The molecular formula is C18H31IN4O. The van der Waals surface area contributed by atoms with Crippen molar-refractivity contribution in [2.45, 2.75) is 39.0 Å². The van der Waals surface area contributed by atoms with Gasteiger partial charge >= 0.3 is 0 Å². The van der Waals surface area contributed by atoms with Crippen molar-refractivity contribution in [1.29, 1.82) is 0 Å². The minimum absolute atomic E-state index is 0. The first-order chi connectivity index (χ1) is 11.0. The molecule has 0 unspecified atom stereocenters. The summed E-state index contributed by atoms with van der Waals surface area (Å²) < 4.78 is 0. The Kier molecular flexibility index (Phi) is 12.3. The number of guanidine groups is 1. The highest BCUT2D eigenvalue weighted by atomic mass is 127. The van der Waals surface area contributed by atoms with Gasteiger partial charge in [0.15, 0.2) is 5.96 Å². The second-order valence-electron chi connectivity index (χ2n) is 5.90. The average Bonchev–Trinajstić information content (AvgIpc) is 2.54. The number of nitrogens with zero attached hydrogens (tertiary/aromatic N) is 2. The van der Waals surface area contributed by atoms with E-state index in [0.717, 1.165) is 24.9 Å². The monoisotopic (exact) mass is 446 g/mol. The molecule has 1 aromatic carbocycles. The van der Waals surface area contributed by atoms with E-state index in [2.05, 4.69) is 17.2 Å². The Morgan fingerprint density at radius 2 is 2.00 bits per heavy atom. The molecule has 0 aliphatic carbocycles. The Hall–Kier alpha value is -1.31. The number of benzene rings is 1. The minimum Gasteiger partial charge on any atom is -0.370 e. The Balaban J connectivity index is 0.00000529. The van der Waals surface area contributed by atoms with Crippen LogP contribution in [0.2, 0.25) is 0 Å². The fourth-order valence-electron chi connectivity index (χ4n) is 2.25. The van der Waals surface area contributed by atoms with Gasteiger partial charge in [0.05, 0.1) is 0 Å². The van der Waals surface area contributed by atoms with Gasteiger partial charge in [0.25, 0.3) is 5.91 Å². The smallest absolute Gasteiger partial charge is 0.253 e. The Bertz CT molecular complexity index is 517. The lowest BCUT2D eigenvalue weighted by atomic mass is 10.1. The molecule has 3 N–H and O–H groups in total. The van der Waals surface area contributed by atoms with Crippen molar-refractivity contribution >= 4 is 35.8 Å². The second kappa shape index (κ2) is 13.0. The van der Waals surface area contributed by atoms with Crippen LogP contribution in [0.4, 0.5) is 0 Å². The molecule has 0 heterocycles. The molecule has 0 bridgehead atoms. The summed E-state index contributed by atoms with van der Waals surface area (Å²) in [4.78, 5) is 17.8. The fourth-order valence-corrected chi connectivity index (χ4v) is 2.25. The maximum Gasteiger partial charge on any atom is 0.253 e. The van der Waals surface area contributed by atoms with Gasteiger partial charge in [0.2, 0.25) is 0 Å². The molecule has 1 rings (SSSR count). The van der Waals surface area contributed by atoms with Crippen molar-refractivity contribution in [2.24, 2.45) is 10.7 Å². The van der Waals surface area contributed by atoms with Gasteiger partial charge < -0.3 is 16.0 Å². The summed E-state index contributed by atoms with van der Waals surface area (Å²) in [5, 5.41) is 3.13. The number of nitrogens with two attached hydrogens (primary N) is 1. The molecule has 5 nitrogen and oxygen atoms in total. The van der Waals surface area contributed by atoms with Gasteiger partial charge in [-0.15, -0.1) is 24.0 Å². The molecule has 1 aromatic rings. The van der Waals surface area contributed by atoms with Crippen LogP contribution in [0.25, 0.3) is 0 Å². The van der Waals surface area contributed by atoms with E-state index >= 15 is 0 Å². The molecule has 0 atom stereocenters. The first-order valence-electron chi connectivity index (χ1n) is 8.39. The van der Waals surface area contributed by atoms with E-state index in [0.29, 0.717) is 18.1 Å². The number of rotatable bonds is 9. The van der Waals surface area contributed by atoms with Gasteiger partial charge in [-0.25, -0.2) is 0 Å². The number of halogens is 1. The summed E-state index contributed by atoms with van der Waals surface area (Å²) in [6, 6.07) is 7.71. The van der Waals surface area contributed by atoms with E-state index in [1.165, 1.54) is 19.3 Å². The molecule has 0 aliphatic rings. The molecule has 0 radical (unpaired) electrons. The lowest BCUT2D eigenvalue weighted by molar-refractivity contribution is 0.0827. The van der Waals surface area contributed by atoms with Crippen molar-refractivity contribution in [3.05, 3.63) is 35.4 Å². The van der Waals surface area contributed by atoms with Crippen LogP contribution in [-0.2, 0) is 6.42 Å². The molecule has 0 aromatic heterocycles. The maximum absolute atomic E-state index is 11.9. The number of unbranched alkanes of at least 4 members (excludes halogenated alkanes) is 3. The third-order valence-electron chi connectivity index (χ3n) is 3.59. The lowest BCUT2D eigenvalue weighted by Gasteiger charge is -2.11. The van der Waals surface area contributed by atoms with Crippen molar-refractivity contribution in [2.75, 3.05) is 27.2 Å². The van der Waals surface area contributed by atoms with Crippen LogP contribution >= 0.6 is 24.0 Å². The van der Waals surface area contributed by atoms with Crippen molar-refractivity contribution in [3.63, 3.8) is 0 Å². The van der Waals surface area contributed by atoms with E-state index in [1.54, 1.807) is 19.0 Å². The number of hydrogen-bond acceptors (Lipinski definition) is 2. The van der Waals surface area contributed by atoms with E-state index in [-0.39, 0.29) is 29.9 Å². The van der Waals surface area contributed by atoms with Crippen molar-refractivity contribution < 1.29 is 4.79 Å². The largest absolute Gasteiger partial charge is 0.370 e. The van der Waals surface area contributed by atoms with Crippen LogP contribution in [0.5, 0.6) is 0 Å². The molecule has 1 amide bonds. The fraction of sp³-hybridized carbons (Fsp3) is 0.556. The predicted octanol–water partition coefficient (Wildman–Crippen LogP) is 3.03. The quantitative estimate of drug-likeness (QED) is 0.265. The van der Waals surface area contributed by atoms with E-state index in [1.807, 2.05) is 24.3 Å². The van der Waals surface area contributed by atoms with Gasteiger partial charge in [0, 0.05) is 32.7 Å². The van der Waals surface area contributed by atoms with E-state index < -0.39 is 0 Å². The first kappa shape index (κ1) is 22.7. The zero-order chi connectivity index (χ0) is 17.1. The van der Waals surface area contributed by atoms with Gasteiger partial charge in [-0.1, -0.05) is 38.3 Å². The number of aliphatic imine (C=N–C) groups is 1. The zero-order valence-electron chi connectivity index (χ0n) is 15.0. The molecule has 24 heavy (non-hydrogen) atoms. The number of amides is 1. The Labute approximate surface area is 163 Å². The Morgan fingerprint density at radius 3 is 2.67 bits per heavy atom. The lowest BCUT2D eigenvalue weighted by Crippen LogP contribution is -2.33. The van der Waals surface area contributed by atoms with E-state index in [9.17, 15) is 4.79 Å². The highest BCUT2D eigenvalue weighted by molar-refractivity contribution is 14.0. The summed E-state index contributed by atoms with van der Waals surface area (Å²) >= 11 is 0. The van der Waals surface area contributed by atoms with E-state index in [4.69, 9.17) is 5.73 Å². The highest BCUT2D eigenvalue weighted by Crippen LogP contribution is 2.07. The van der Waals surface area contributed by atoms with Gasteiger partial charge in [-0.3, -0.25) is 9.79 Å². The number of nitrogens with one attached hydrogen (secondary N) is 1. The van der Waals surface area contributed by atoms with Crippen LogP contribution in [0.1, 0.15) is 48.5 Å². The van der Waals surface area contributed by atoms with Gasteiger partial charge in [0.1, 0.15) is 0 Å². The average molecular weight is 446 g/mol. The highest BCUT2D eigenvalue weighted by Gasteiger charge is 2.07. The molecule has 136 valence electrons. The molecule has 0 saturated heterocycles. The molecule has 6 heteroatoms. The number of carbonyl (C=O) groups is 1. The number of carbonyl (C=O) groups excluding carboxylic acids is 1. The van der Waals surface area contributed by atoms with Gasteiger partial charge in [-0.05, 0) is 30.5 Å². The molecule has 0 aliphatic heterocycles. The third kappa shape index (κ3) is 9.10. The molecule has 0 saturated carbocycles. The standard InChI is InChI=1S/C18H30N4O.HI/c1-4-5-6-7-12-20-18(19)21-13-11-15-9-8-10-16(14-15)17(23)22(2)3;/h8-10,14H,4-7,11-13H2,1-3H3,(H3,19,20,21);1H. The topological polar surface area (TPSA) is 70.7 Å². The first-order valence-corrected chi connectivity index (χ1v) is 8.39. The predicted molar refractivity (Wildman–Crippen MR) is 112 cm³/mol. The summed E-state index contributed by atoms with van der Waals surface area (Å²) in [6.07, 6.45) is 5.59. The summed E-state index contributed by atoms with van der Waals surface area (Å²) in [7, 11) is 3.52. The van der Waals surface area contributed by atoms with Crippen molar-refractivity contribution in [1.82, 2.24) is 10.2 Å². The summed E-state index contributed by atoms with van der Waals surface area (Å²) in [6.45, 7) is 3.69. The summed E-state index contributed by atoms with van der Waals surface area (Å²) in [5.74, 6) is 0.523. The minimum atomic E-state index is 0. The maximum atomic E-state index is 11.9. The van der Waals surface area contributed by atoms with Crippen molar-refractivity contribution in [3.8, 4) is 0 Å². The third-order valence-corrected chi connectivity index (χ3v) is 3.59. The molecule has 0 spiro atoms. The molecule has 0 fully saturated rings. The SMILES string of the molecule is CCCCCCN=C(N)NCCc1cccc(C(=O)N(C)C)c1.I. The van der Waals surface area contributed by atoms with Crippen LogP contribution in [0, 0.1) is 0 Å². The Morgan fingerprint density at radius 1 is 1.25 bits per heavy atom. The number of hydrogen-bond donors (Lipinski definition) is 2. The van der Waals surface area contributed by atoms with Crippen LogP contribution in [0.15, 0.2) is 29.3 Å². The second-order valence-corrected chi connectivity index (χ2v) is 5.90. The normalized spacial score (nSPS) is 10.9. The summed E-state index contributed by atoms with van der Waals surface area (Å²) in [5.41, 5.74) is 7.67. The van der Waals surface area contributed by atoms with Crippen LogP contribution < -0.4 is 11.1 Å². The zero-order valence-corrected chi connectivity index (χ0v) is 17.4. The van der Waals surface area contributed by atoms with Crippen LogP contribution in [-0.4, -0.2) is 44.0 Å².